The molecule has 0 aliphatic carbocycles. The summed E-state index contributed by atoms with van der Waals surface area (Å²) >= 11 is 3.19. The van der Waals surface area contributed by atoms with Gasteiger partial charge in [0.05, 0.1) is 13.2 Å². The molecule has 2 heterocycles. The SMILES string of the molecule is CCOC(=O)c1c[c-]c2c(c1C)C(O)CS2.CCOC(=O)c1c[c-]c2sccc2c1C.[Y].[Y]. The molecule has 170 valence electrons. The molecule has 9 heteroatoms. The minimum Gasteiger partial charge on any atom is -0.472 e. The molecule has 0 bridgehead atoms. The van der Waals surface area contributed by atoms with E-state index in [1.165, 1.54) is 0 Å². The molecule has 1 aromatic heterocycles. The van der Waals surface area contributed by atoms with Gasteiger partial charge in [0.2, 0.25) is 0 Å². The van der Waals surface area contributed by atoms with Crippen LogP contribution in [0.5, 0.6) is 0 Å². The Morgan fingerprint density at radius 3 is 2.21 bits per heavy atom. The van der Waals surface area contributed by atoms with Gasteiger partial charge < -0.3 is 14.6 Å². The predicted octanol–water partition coefficient (Wildman–Crippen LogP) is 5.29. The van der Waals surface area contributed by atoms with Gasteiger partial charge in [-0.1, -0.05) is 24.6 Å². The second-order valence-corrected chi connectivity index (χ2v) is 8.78. The van der Waals surface area contributed by atoms with Crippen LogP contribution in [0.1, 0.15) is 57.4 Å². The molecule has 33 heavy (non-hydrogen) atoms. The van der Waals surface area contributed by atoms with Crippen LogP contribution in [0, 0.1) is 26.0 Å². The maximum absolute atomic E-state index is 11.6. The minimum atomic E-state index is -0.495. The van der Waals surface area contributed by atoms with Crippen molar-refractivity contribution < 1.29 is 89.6 Å². The zero-order valence-electron chi connectivity index (χ0n) is 19.1. The Bertz CT molecular complexity index is 1110. The summed E-state index contributed by atoms with van der Waals surface area (Å²) in [5, 5.41) is 12.9. The Labute approximate surface area is 253 Å². The number of benzene rings is 2. The largest absolute Gasteiger partial charge is 0.472 e. The summed E-state index contributed by atoms with van der Waals surface area (Å²) in [5.41, 5.74) is 3.73. The van der Waals surface area contributed by atoms with Crippen molar-refractivity contribution in [1.29, 1.82) is 0 Å². The number of esters is 2. The Kier molecular flexibility index (Phi) is 13.5. The first kappa shape index (κ1) is 30.9. The molecule has 2 radical (unpaired) electrons. The summed E-state index contributed by atoms with van der Waals surface area (Å²) in [7, 11) is 0. The molecule has 0 saturated heterocycles. The van der Waals surface area contributed by atoms with E-state index in [-0.39, 0.29) is 77.4 Å². The van der Waals surface area contributed by atoms with Gasteiger partial charge in [0, 0.05) is 77.3 Å². The Balaban J connectivity index is 0.000000312. The number of thioether (sulfide) groups is 1. The second kappa shape index (κ2) is 14.4. The number of fused-ring (bicyclic) bond motifs is 2. The molecule has 1 aliphatic heterocycles. The molecule has 1 atom stereocenters. The molecular weight excluding hydrogens is 610 g/mol. The minimum absolute atomic E-state index is 0. The van der Waals surface area contributed by atoms with Crippen LogP contribution in [0.3, 0.4) is 0 Å². The summed E-state index contributed by atoms with van der Waals surface area (Å²) in [4.78, 5) is 24.2. The van der Waals surface area contributed by atoms with Crippen molar-refractivity contribution in [2.45, 2.75) is 38.7 Å². The van der Waals surface area contributed by atoms with Crippen molar-refractivity contribution in [1.82, 2.24) is 0 Å². The molecule has 1 aliphatic rings. The monoisotopic (exact) mass is 634 g/mol. The quantitative estimate of drug-likeness (QED) is 0.311. The summed E-state index contributed by atoms with van der Waals surface area (Å²) in [5.74, 6) is 0.0291. The van der Waals surface area contributed by atoms with Gasteiger partial charge in [0.1, 0.15) is 0 Å². The number of aliphatic hydroxyl groups is 1. The van der Waals surface area contributed by atoms with Crippen molar-refractivity contribution in [2.24, 2.45) is 0 Å². The summed E-state index contributed by atoms with van der Waals surface area (Å²) < 4.78 is 11.0. The van der Waals surface area contributed by atoms with Gasteiger partial charge in [-0.05, 0) is 30.4 Å². The Morgan fingerprint density at radius 1 is 1.03 bits per heavy atom. The van der Waals surface area contributed by atoms with E-state index in [1.54, 1.807) is 49.1 Å². The third kappa shape index (κ3) is 7.19. The zero-order chi connectivity index (χ0) is 22.5. The van der Waals surface area contributed by atoms with Gasteiger partial charge in [-0.15, -0.1) is 27.0 Å². The van der Waals surface area contributed by atoms with E-state index in [9.17, 15) is 14.7 Å². The van der Waals surface area contributed by atoms with Crippen LogP contribution in [0.4, 0.5) is 0 Å². The van der Waals surface area contributed by atoms with Gasteiger partial charge in [-0.25, -0.2) is 0 Å². The van der Waals surface area contributed by atoms with Gasteiger partial charge >= 0.3 is 0 Å². The molecule has 4 rings (SSSR count). The zero-order valence-corrected chi connectivity index (χ0v) is 26.4. The fourth-order valence-electron chi connectivity index (χ4n) is 3.35. The number of aryl methyl sites for hydroxylation is 1. The van der Waals surface area contributed by atoms with Crippen LogP contribution >= 0.6 is 23.1 Å². The van der Waals surface area contributed by atoms with Gasteiger partial charge in [-0.3, -0.25) is 9.59 Å². The van der Waals surface area contributed by atoms with Gasteiger partial charge in [0.15, 0.2) is 0 Å². The van der Waals surface area contributed by atoms with E-state index in [0.717, 1.165) is 31.7 Å². The normalized spacial score (nSPS) is 13.7. The molecule has 0 amide bonds. The first-order valence-corrected chi connectivity index (χ1v) is 11.8. The van der Waals surface area contributed by atoms with Crippen molar-refractivity contribution in [3.8, 4) is 0 Å². The van der Waals surface area contributed by atoms with E-state index in [1.807, 2.05) is 25.3 Å². The van der Waals surface area contributed by atoms with Crippen molar-refractivity contribution in [3.63, 3.8) is 0 Å². The molecule has 0 spiro atoms. The Hall–Kier alpha value is -0.142. The third-order valence-electron chi connectivity index (χ3n) is 4.93. The van der Waals surface area contributed by atoms with Crippen LogP contribution < -0.4 is 0 Å². The molecule has 1 unspecified atom stereocenters. The van der Waals surface area contributed by atoms with E-state index < -0.39 is 6.10 Å². The smallest absolute Gasteiger partial charge is 0.281 e. The number of aliphatic hydroxyl groups excluding tert-OH is 1. The van der Waals surface area contributed by atoms with E-state index in [4.69, 9.17) is 9.47 Å². The number of thiophene rings is 1. The maximum Gasteiger partial charge on any atom is 0.281 e. The first-order chi connectivity index (χ1) is 14.9. The maximum atomic E-state index is 11.6. The third-order valence-corrected chi connectivity index (χ3v) is 6.89. The van der Waals surface area contributed by atoms with Crippen molar-refractivity contribution in [3.05, 3.63) is 63.5 Å². The Morgan fingerprint density at radius 2 is 1.61 bits per heavy atom. The van der Waals surface area contributed by atoms with Crippen molar-refractivity contribution in [2.75, 3.05) is 19.0 Å². The van der Waals surface area contributed by atoms with Crippen LogP contribution in [0.2, 0.25) is 0 Å². The number of carbonyl (C=O) groups excluding carboxylic acids is 2. The van der Waals surface area contributed by atoms with Gasteiger partial charge in [-0.2, -0.15) is 47.4 Å². The molecular formula is C24H24O5S2Y2-2. The molecule has 2 aromatic carbocycles. The summed E-state index contributed by atoms with van der Waals surface area (Å²) in [6.45, 7) is 8.12. The molecule has 5 nitrogen and oxygen atoms in total. The fraction of sp³-hybridized carbons (Fsp3) is 0.333. The summed E-state index contributed by atoms with van der Waals surface area (Å²) in [6, 6.07) is 11.5. The topological polar surface area (TPSA) is 72.8 Å². The number of hydrogen-bond donors (Lipinski definition) is 1. The number of rotatable bonds is 4. The molecule has 0 fully saturated rings. The van der Waals surface area contributed by atoms with E-state index in [2.05, 4.69) is 12.1 Å². The van der Waals surface area contributed by atoms with E-state index >= 15 is 0 Å². The fourth-order valence-corrected chi connectivity index (χ4v) is 5.25. The van der Waals surface area contributed by atoms with Gasteiger partial charge in [0.25, 0.3) is 11.9 Å². The standard InChI is InChI=1S/C12H13O3S.C12H11O2S.2Y/c1-3-15-12(14)8-4-5-10-11(7(8)2)9(13)6-16-10;1-3-14-12(13)10-4-5-11-9(8(10)2)6-7-15-11;;/h4,9,13H,3,6H2,1-2H3;4,6-7H,3H2,1-2H3;;/q2*-1;;. The van der Waals surface area contributed by atoms with Crippen LogP contribution in [-0.2, 0) is 74.9 Å². The van der Waals surface area contributed by atoms with E-state index in [0.29, 0.717) is 30.1 Å². The molecule has 1 N–H and O–H groups in total. The molecule has 3 aromatic rings. The summed E-state index contributed by atoms with van der Waals surface area (Å²) in [6.07, 6.45) is -0.495. The van der Waals surface area contributed by atoms with Crippen LogP contribution in [-0.4, -0.2) is 36.0 Å². The predicted molar refractivity (Wildman–Crippen MR) is 123 cm³/mol. The first-order valence-electron chi connectivity index (χ1n) is 9.97. The van der Waals surface area contributed by atoms with Crippen LogP contribution in [0.25, 0.3) is 10.1 Å². The number of ether oxygens (including phenoxy) is 2. The van der Waals surface area contributed by atoms with Crippen molar-refractivity contribution >= 4 is 45.1 Å². The number of hydrogen-bond acceptors (Lipinski definition) is 7. The average Bonchev–Trinajstić information content (AvgIpc) is 3.37. The second-order valence-electron chi connectivity index (χ2n) is 6.83. The number of carbonyl (C=O) groups is 2. The molecule has 0 saturated carbocycles. The average molecular weight is 634 g/mol. The van der Waals surface area contributed by atoms with Crippen LogP contribution in [0.15, 0.2) is 28.5 Å².